The first-order chi connectivity index (χ1) is 8.02. The van der Waals surface area contributed by atoms with Crippen molar-refractivity contribution in [2.75, 3.05) is 0 Å². The summed E-state index contributed by atoms with van der Waals surface area (Å²) in [5.41, 5.74) is 1.05. The van der Waals surface area contributed by atoms with E-state index in [1.807, 2.05) is 13.8 Å². The molecule has 0 spiro atoms. The molecule has 0 saturated carbocycles. The van der Waals surface area contributed by atoms with Crippen LogP contribution in [0.5, 0.6) is 0 Å². The van der Waals surface area contributed by atoms with Gasteiger partial charge in [0, 0.05) is 11.1 Å². The second kappa shape index (κ2) is 5.52. The SMILES string of the molecule is CCCc1c(C(=O)O)oc(C(=O)O)c1CCC. The van der Waals surface area contributed by atoms with Crippen LogP contribution in [0.4, 0.5) is 0 Å². The lowest BCUT2D eigenvalue weighted by Gasteiger charge is -2.01. The van der Waals surface area contributed by atoms with Gasteiger partial charge in [-0.2, -0.15) is 0 Å². The molecule has 2 N–H and O–H groups in total. The Kier molecular flexibility index (Phi) is 4.31. The van der Waals surface area contributed by atoms with Gasteiger partial charge in [-0.1, -0.05) is 26.7 Å². The van der Waals surface area contributed by atoms with E-state index in [-0.39, 0.29) is 11.5 Å². The quantitative estimate of drug-likeness (QED) is 0.797. The Morgan fingerprint density at radius 1 is 0.941 bits per heavy atom. The van der Waals surface area contributed by atoms with Crippen molar-refractivity contribution < 1.29 is 24.2 Å². The third-order valence-electron chi connectivity index (χ3n) is 2.51. The maximum atomic E-state index is 11.0. The van der Waals surface area contributed by atoms with Crippen LogP contribution in [-0.2, 0) is 12.8 Å². The van der Waals surface area contributed by atoms with Crippen molar-refractivity contribution in [3.8, 4) is 0 Å². The van der Waals surface area contributed by atoms with Crippen molar-refractivity contribution in [1.29, 1.82) is 0 Å². The number of carboxylic acid groups (broad SMARTS) is 2. The molecule has 1 rings (SSSR count). The highest BCUT2D eigenvalue weighted by Gasteiger charge is 2.26. The zero-order valence-electron chi connectivity index (χ0n) is 9.95. The Morgan fingerprint density at radius 3 is 1.53 bits per heavy atom. The van der Waals surface area contributed by atoms with Gasteiger partial charge in [0.1, 0.15) is 0 Å². The van der Waals surface area contributed by atoms with Crippen molar-refractivity contribution in [2.24, 2.45) is 0 Å². The van der Waals surface area contributed by atoms with Crippen LogP contribution in [0.2, 0.25) is 0 Å². The van der Waals surface area contributed by atoms with Crippen LogP contribution in [0.25, 0.3) is 0 Å². The van der Waals surface area contributed by atoms with Crippen LogP contribution in [0.1, 0.15) is 58.9 Å². The summed E-state index contributed by atoms with van der Waals surface area (Å²) in [4.78, 5) is 22.0. The molecule has 0 aromatic carbocycles. The molecule has 1 aromatic heterocycles. The minimum absolute atomic E-state index is 0.229. The van der Waals surface area contributed by atoms with E-state index in [1.165, 1.54) is 0 Å². The average molecular weight is 240 g/mol. The zero-order valence-corrected chi connectivity index (χ0v) is 9.95. The fourth-order valence-electron chi connectivity index (χ4n) is 1.87. The molecule has 1 heterocycles. The van der Waals surface area contributed by atoms with E-state index in [4.69, 9.17) is 14.6 Å². The first-order valence-electron chi connectivity index (χ1n) is 5.64. The second-order valence-corrected chi connectivity index (χ2v) is 3.83. The van der Waals surface area contributed by atoms with Gasteiger partial charge in [0.05, 0.1) is 0 Å². The molecule has 0 unspecified atom stereocenters. The molecule has 0 aliphatic carbocycles. The fraction of sp³-hybridized carbons (Fsp3) is 0.500. The molecular weight excluding hydrogens is 224 g/mol. The van der Waals surface area contributed by atoms with E-state index in [1.54, 1.807) is 0 Å². The number of rotatable bonds is 6. The standard InChI is InChI=1S/C12H16O5/c1-3-5-7-8(6-4-2)10(12(15)16)17-9(7)11(13)14/h3-6H2,1-2H3,(H,13,14)(H,15,16). The summed E-state index contributed by atoms with van der Waals surface area (Å²) in [5.74, 6) is -2.88. The number of carboxylic acids is 2. The number of hydrogen-bond acceptors (Lipinski definition) is 3. The molecule has 5 nitrogen and oxygen atoms in total. The van der Waals surface area contributed by atoms with Gasteiger partial charge in [0.25, 0.3) is 0 Å². The smallest absolute Gasteiger partial charge is 0.372 e. The predicted molar refractivity (Wildman–Crippen MR) is 60.6 cm³/mol. The van der Waals surface area contributed by atoms with Crippen molar-refractivity contribution in [3.05, 3.63) is 22.6 Å². The third-order valence-corrected chi connectivity index (χ3v) is 2.51. The van der Waals surface area contributed by atoms with Gasteiger partial charge in [-0.3, -0.25) is 0 Å². The summed E-state index contributed by atoms with van der Waals surface area (Å²) in [6.45, 7) is 3.82. The predicted octanol–water partition coefficient (Wildman–Crippen LogP) is 2.58. The van der Waals surface area contributed by atoms with Crippen molar-refractivity contribution >= 4 is 11.9 Å². The molecule has 5 heteroatoms. The molecule has 0 bridgehead atoms. The van der Waals surface area contributed by atoms with Crippen LogP contribution in [0.15, 0.2) is 4.42 Å². The molecular formula is C12H16O5. The molecule has 94 valence electrons. The number of aromatic carboxylic acids is 2. The maximum Gasteiger partial charge on any atom is 0.372 e. The molecule has 17 heavy (non-hydrogen) atoms. The first kappa shape index (κ1) is 13.3. The Hall–Kier alpha value is -1.78. The molecule has 0 saturated heterocycles. The lowest BCUT2D eigenvalue weighted by Crippen LogP contribution is -2.02. The third kappa shape index (κ3) is 2.67. The number of hydrogen-bond donors (Lipinski definition) is 2. The molecule has 0 atom stereocenters. The number of carbonyl (C=O) groups is 2. The Morgan fingerprint density at radius 2 is 1.29 bits per heavy atom. The first-order valence-corrected chi connectivity index (χ1v) is 5.64. The molecule has 0 fully saturated rings. The summed E-state index contributed by atoms with van der Waals surface area (Å²) in [5, 5.41) is 18.0. The van der Waals surface area contributed by atoms with Gasteiger partial charge in [-0.25, -0.2) is 9.59 Å². The van der Waals surface area contributed by atoms with Gasteiger partial charge in [-0.15, -0.1) is 0 Å². The van der Waals surface area contributed by atoms with E-state index in [0.29, 0.717) is 24.0 Å². The zero-order chi connectivity index (χ0) is 13.0. The second-order valence-electron chi connectivity index (χ2n) is 3.83. The van der Waals surface area contributed by atoms with Crippen LogP contribution < -0.4 is 0 Å². The minimum Gasteiger partial charge on any atom is -0.475 e. The van der Waals surface area contributed by atoms with Crippen LogP contribution in [-0.4, -0.2) is 22.2 Å². The highest BCUT2D eigenvalue weighted by Crippen LogP contribution is 2.26. The van der Waals surface area contributed by atoms with Gasteiger partial charge in [0.15, 0.2) is 0 Å². The topological polar surface area (TPSA) is 87.7 Å². The van der Waals surface area contributed by atoms with Crippen molar-refractivity contribution in [2.45, 2.75) is 39.5 Å². The van der Waals surface area contributed by atoms with E-state index in [9.17, 15) is 9.59 Å². The van der Waals surface area contributed by atoms with Crippen molar-refractivity contribution in [1.82, 2.24) is 0 Å². The van der Waals surface area contributed by atoms with E-state index < -0.39 is 11.9 Å². The minimum atomic E-state index is -1.21. The number of furan rings is 1. The summed E-state index contributed by atoms with van der Waals surface area (Å²) in [7, 11) is 0. The van der Waals surface area contributed by atoms with Crippen molar-refractivity contribution in [3.63, 3.8) is 0 Å². The monoisotopic (exact) mass is 240 g/mol. The highest BCUT2D eigenvalue weighted by molar-refractivity contribution is 5.92. The van der Waals surface area contributed by atoms with Gasteiger partial charge in [0.2, 0.25) is 11.5 Å². The van der Waals surface area contributed by atoms with E-state index >= 15 is 0 Å². The lowest BCUT2D eigenvalue weighted by molar-refractivity contribution is 0.0630. The maximum absolute atomic E-state index is 11.0. The summed E-state index contributed by atoms with van der Waals surface area (Å²) in [6.07, 6.45) is 2.53. The Balaban J connectivity index is 3.37. The van der Waals surface area contributed by atoms with E-state index in [2.05, 4.69) is 0 Å². The molecule has 1 aromatic rings. The summed E-state index contributed by atoms with van der Waals surface area (Å²) in [6, 6.07) is 0. The van der Waals surface area contributed by atoms with Crippen LogP contribution in [0.3, 0.4) is 0 Å². The highest BCUT2D eigenvalue weighted by atomic mass is 16.4. The Labute approximate surface area is 99.1 Å². The summed E-state index contributed by atoms with van der Waals surface area (Å²) >= 11 is 0. The normalized spacial score (nSPS) is 10.5. The summed E-state index contributed by atoms with van der Waals surface area (Å²) < 4.78 is 4.97. The molecule has 0 aliphatic heterocycles. The molecule has 0 radical (unpaired) electrons. The van der Waals surface area contributed by atoms with Crippen LogP contribution in [0, 0.1) is 0 Å². The van der Waals surface area contributed by atoms with Gasteiger partial charge in [-0.05, 0) is 12.8 Å². The van der Waals surface area contributed by atoms with Gasteiger partial charge < -0.3 is 14.6 Å². The van der Waals surface area contributed by atoms with Gasteiger partial charge >= 0.3 is 11.9 Å². The molecule has 0 aliphatic rings. The Bertz CT molecular complexity index is 392. The largest absolute Gasteiger partial charge is 0.475 e. The van der Waals surface area contributed by atoms with Crippen LogP contribution >= 0.6 is 0 Å². The lowest BCUT2D eigenvalue weighted by atomic mass is 10.00. The average Bonchev–Trinajstić information content (AvgIpc) is 2.59. The molecule has 0 amide bonds. The fourth-order valence-corrected chi connectivity index (χ4v) is 1.87. The van der Waals surface area contributed by atoms with E-state index in [0.717, 1.165) is 12.8 Å².